The first-order valence-corrected chi connectivity index (χ1v) is 10.7. The van der Waals surface area contributed by atoms with Crippen molar-refractivity contribution in [3.63, 3.8) is 0 Å². The Morgan fingerprint density at radius 1 is 1.20 bits per heavy atom. The summed E-state index contributed by atoms with van der Waals surface area (Å²) in [5.74, 6) is 0. The summed E-state index contributed by atoms with van der Waals surface area (Å²) >= 11 is 3.86. The Balaban J connectivity index is 1.86. The van der Waals surface area contributed by atoms with Crippen LogP contribution in [-0.4, -0.2) is 24.2 Å². The molecule has 1 aliphatic heterocycles. The summed E-state index contributed by atoms with van der Waals surface area (Å²) in [5, 5.41) is 0. The summed E-state index contributed by atoms with van der Waals surface area (Å²) < 4.78 is 6.88. The van der Waals surface area contributed by atoms with E-state index in [-0.39, 0.29) is 0 Å². The molecule has 1 nitrogen and oxygen atoms in total. The van der Waals surface area contributed by atoms with Crippen molar-refractivity contribution in [2.45, 2.75) is 74.3 Å². The molecule has 0 amide bonds. The van der Waals surface area contributed by atoms with Gasteiger partial charge in [-0.15, -0.1) is 0 Å². The zero-order valence-electron chi connectivity index (χ0n) is 10.2. The highest BCUT2D eigenvalue weighted by Crippen LogP contribution is 2.47. The average Bonchev–Trinajstić information content (AvgIpc) is 2.13. The predicted octanol–water partition coefficient (Wildman–Crippen LogP) is 4.12. The Morgan fingerprint density at radius 3 is 2.20 bits per heavy atom. The summed E-state index contributed by atoms with van der Waals surface area (Å²) in [4.78, 5) is 0. The molecular weight excluding hydrogens is 268 g/mol. The van der Waals surface area contributed by atoms with Gasteiger partial charge in [0, 0.05) is 10.9 Å². The third-order valence-corrected chi connectivity index (χ3v) is 10.6. The summed E-state index contributed by atoms with van der Waals surface area (Å²) in [5.41, 5.74) is 0.314. The van der Waals surface area contributed by atoms with Crippen molar-refractivity contribution in [2.24, 2.45) is 0 Å². The van der Waals surface area contributed by atoms with Crippen LogP contribution in [0.5, 0.6) is 0 Å². The maximum absolute atomic E-state index is 6.24. The van der Waals surface area contributed by atoms with Crippen LogP contribution in [0.15, 0.2) is 0 Å². The molecule has 1 heterocycles. The molecule has 2 fully saturated rings. The van der Waals surface area contributed by atoms with Gasteiger partial charge in [-0.25, -0.2) is 0 Å². The Labute approximate surface area is 103 Å². The Hall–Kier alpha value is 0.657. The molecule has 1 saturated carbocycles. The van der Waals surface area contributed by atoms with E-state index in [1.807, 2.05) is 0 Å². The number of hydrogen-bond acceptors (Lipinski definition) is 1. The lowest BCUT2D eigenvalue weighted by atomic mass is 9.77. The highest BCUT2D eigenvalue weighted by molar-refractivity contribution is 9.10. The van der Waals surface area contributed by atoms with Crippen molar-refractivity contribution < 1.29 is 4.74 Å². The predicted molar refractivity (Wildman–Crippen MR) is 71.4 cm³/mol. The van der Waals surface area contributed by atoms with Gasteiger partial charge in [0.25, 0.3) is 0 Å². The Bertz CT molecular complexity index is 222. The molecule has 2 unspecified atom stereocenters. The van der Waals surface area contributed by atoms with E-state index in [2.05, 4.69) is 35.6 Å². The SMILES string of the molecule is C[Si](C)(C)C(Br)C1CC2(CCCCC2)O1. The zero-order chi connectivity index (χ0) is 11.1. The molecule has 15 heavy (non-hydrogen) atoms. The summed E-state index contributed by atoms with van der Waals surface area (Å²) in [6.45, 7) is 7.25. The minimum absolute atomic E-state index is 0.314. The maximum atomic E-state index is 6.24. The van der Waals surface area contributed by atoms with E-state index < -0.39 is 8.07 Å². The second-order valence-electron chi connectivity index (χ2n) is 6.37. The first-order valence-electron chi connectivity index (χ1n) is 6.25. The molecule has 2 atom stereocenters. The van der Waals surface area contributed by atoms with Crippen LogP contribution in [0.25, 0.3) is 0 Å². The molecule has 1 spiro atoms. The molecule has 1 saturated heterocycles. The van der Waals surface area contributed by atoms with Gasteiger partial charge in [-0.05, 0) is 12.8 Å². The van der Waals surface area contributed by atoms with E-state index in [9.17, 15) is 0 Å². The van der Waals surface area contributed by atoms with Gasteiger partial charge in [0.2, 0.25) is 0 Å². The third-order valence-electron chi connectivity index (χ3n) is 3.89. The Kier molecular flexibility index (Phi) is 3.36. The fourth-order valence-corrected chi connectivity index (χ4v) is 4.51. The van der Waals surface area contributed by atoms with Crippen molar-refractivity contribution in [3.05, 3.63) is 0 Å². The fraction of sp³-hybridized carbons (Fsp3) is 1.00. The normalized spacial score (nSPS) is 32.4. The number of rotatable bonds is 2. The molecule has 0 radical (unpaired) electrons. The van der Waals surface area contributed by atoms with Crippen LogP contribution < -0.4 is 0 Å². The molecule has 2 aliphatic rings. The van der Waals surface area contributed by atoms with Crippen LogP contribution in [-0.2, 0) is 4.74 Å². The van der Waals surface area contributed by atoms with E-state index in [1.54, 1.807) is 0 Å². The molecule has 1 aliphatic carbocycles. The lowest BCUT2D eigenvalue weighted by Gasteiger charge is -2.53. The van der Waals surface area contributed by atoms with Gasteiger partial charge < -0.3 is 4.74 Å². The topological polar surface area (TPSA) is 9.23 Å². The molecule has 0 aromatic rings. The zero-order valence-corrected chi connectivity index (χ0v) is 12.8. The van der Waals surface area contributed by atoms with Gasteiger partial charge in [-0.1, -0.05) is 54.8 Å². The number of alkyl halides is 1. The quantitative estimate of drug-likeness (QED) is 0.549. The molecule has 3 heteroatoms. The fourth-order valence-electron chi connectivity index (χ4n) is 2.92. The first-order chi connectivity index (χ1) is 6.93. The van der Waals surface area contributed by atoms with E-state index in [1.165, 1.54) is 38.5 Å². The second kappa shape index (κ2) is 4.15. The molecular formula is C12H23BrOSi. The summed E-state index contributed by atoms with van der Waals surface area (Å²) in [7, 11) is -1.08. The minimum atomic E-state index is -1.08. The molecule has 0 bridgehead atoms. The molecule has 0 N–H and O–H groups in total. The van der Waals surface area contributed by atoms with Crippen LogP contribution >= 0.6 is 15.9 Å². The number of ether oxygens (including phenoxy) is 1. The van der Waals surface area contributed by atoms with Crippen LogP contribution in [0.4, 0.5) is 0 Å². The van der Waals surface area contributed by atoms with Crippen LogP contribution in [0.2, 0.25) is 19.6 Å². The monoisotopic (exact) mass is 290 g/mol. The van der Waals surface area contributed by atoms with Crippen molar-refractivity contribution in [3.8, 4) is 0 Å². The van der Waals surface area contributed by atoms with Gasteiger partial charge in [0.15, 0.2) is 0 Å². The van der Waals surface area contributed by atoms with Crippen molar-refractivity contribution in [1.29, 1.82) is 0 Å². The minimum Gasteiger partial charge on any atom is -0.371 e. The van der Waals surface area contributed by atoms with Crippen molar-refractivity contribution >= 4 is 24.0 Å². The van der Waals surface area contributed by atoms with Crippen LogP contribution in [0, 0.1) is 0 Å². The standard InChI is InChI=1S/C12H23BrOSi/c1-15(2,3)11(13)10-9-12(14-10)7-5-4-6-8-12/h10-11H,4-9H2,1-3H3. The van der Waals surface area contributed by atoms with E-state index >= 15 is 0 Å². The van der Waals surface area contributed by atoms with Gasteiger partial charge >= 0.3 is 0 Å². The highest BCUT2D eigenvalue weighted by atomic mass is 79.9. The van der Waals surface area contributed by atoms with Crippen molar-refractivity contribution in [2.75, 3.05) is 0 Å². The van der Waals surface area contributed by atoms with Gasteiger partial charge in [-0.2, -0.15) is 0 Å². The second-order valence-corrected chi connectivity index (χ2v) is 13.6. The largest absolute Gasteiger partial charge is 0.371 e. The van der Waals surface area contributed by atoms with E-state index in [4.69, 9.17) is 4.74 Å². The molecule has 0 aromatic carbocycles. The van der Waals surface area contributed by atoms with Crippen LogP contribution in [0.3, 0.4) is 0 Å². The Morgan fingerprint density at radius 2 is 1.73 bits per heavy atom. The smallest absolute Gasteiger partial charge is 0.0711 e. The maximum Gasteiger partial charge on any atom is 0.0711 e. The van der Waals surface area contributed by atoms with Gasteiger partial charge in [-0.3, -0.25) is 0 Å². The lowest BCUT2D eigenvalue weighted by molar-refractivity contribution is -0.213. The van der Waals surface area contributed by atoms with Crippen molar-refractivity contribution in [1.82, 2.24) is 0 Å². The summed E-state index contributed by atoms with van der Waals surface area (Å²) in [6, 6.07) is 0. The summed E-state index contributed by atoms with van der Waals surface area (Å²) in [6.07, 6.45) is 8.63. The first kappa shape index (κ1) is 12.1. The number of halogens is 1. The van der Waals surface area contributed by atoms with E-state index in [0.29, 0.717) is 16.2 Å². The van der Waals surface area contributed by atoms with E-state index in [0.717, 1.165) is 0 Å². The highest BCUT2D eigenvalue weighted by Gasteiger charge is 2.50. The average molecular weight is 291 g/mol. The van der Waals surface area contributed by atoms with Gasteiger partial charge in [0.05, 0.1) is 19.8 Å². The number of hydrogen-bond donors (Lipinski definition) is 0. The lowest BCUT2D eigenvalue weighted by Crippen LogP contribution is -2.59. The van der Waals surface area contributed by atoms with Gasteiger partial charge in [0.1, 0.15) is 0 Å². The van der Waals surface area contributed by atoms with Crippen LogP contribution in [0.1, 0.15) is 38.5 Å². The molecule has 2 rings (SSSR count). The third kappa shape index (κ3) is 2.50. The molecule has 88 valence electrons. The molecule has 0 aromatic heterocycles.